The Kier molecular flexibility index (Phi) is 5.50. The number of benzene rings is 2. The minimum absolute atomic E-state index is 0.0907. The van der Waals surface area contributed by atoms with E-state index in [9.17, 15) is 14.5 Å². The van der Waals surface area contributed by atoms with Gasteiger partial charge < -0.3 is 14.0 Å². The van der Waals surface area contributed by atoms with E-state index in [1.165, 1.54) is 20.9 Å². The third-order valence-corrected chi connectivity index (χ3v) is 4.68. The van der Waals surface area contributed by atoms with Crippen LogP contribution in [0.25, 0.3) is 16.6 Å². The van der Waals surface area contributed by atoms with Crippen molar-refractivity contribution in [3.63, 3.8) is 0 Å². The van der Waals surface area contributed by atoms with Crippen molar-refractivity contribution in [3.8, 4) is 11.4 Å². The highest BCUT2D eigenvalue weighted by Gasteiger charge is 2.28. The molecule has 0 saturated heterocycles. The summed E-state index contributed by atoms with van der Waals surface area (Å²) in [6.45, 7) is 6.37. The van der Waals surface area contributed by atoms with Crippen molar-refractivity contribution in [2.45, 2.75) is 34.3 Å². The lowest BCUT2D eigenvalue weighted by Gasteiger charge is -2.14. The van der Waals surface area contributed by atoms with E-state index in [4.69, 9.17) is 9.47 Å². The first-order chi connectivity index (χ1) is 13.7. The Balaban J connectivity index is 2.41. The number of hydrogen-bond donors (Lipinski definition) is 0. The highest BCUT2D eigenvalue weighted by atomic mass is 16.5. The average molecular weight is 395 g/mol. The number of carbonyl (C=O) groups is 2. The molecular formula is C22H23N2O5+. The minimum atomic E-state index is -0.486. The lowest BCUT2D eigenvalue weighted by atomic mass is 10.1. The number of hydrogen-bond acceptors (Lipinski definition) is 5. The monoisotopic (exact) mass is 395 g/mol. The van der Waals surface area contributed by atoms with E-state index in [0.29, 0.717) is 22.2 Å². The molecule has 0 bridgehead atoms. The van der Waals surface area contributed by atoms with Crippen molar-refractivity contribution >= 4 is 28.5 Å². The fraction of sp³-hybridized carbons (Fsp3) is 0.273. The molecule has 0 atom stereocenters. The largest absolute Gasteiger partial charge is 0.461 e. The predicted molar refractivity (Wildman–Crippen MR) is 109 cm³/mol. The topological polar surface area (TPSA) is 77.6 Å². The summed E-state index contributed by atoms with van der Waals surface area (Å²) in [5, 5.41) is 0.679. The number of rotatable bonds is 5. The second-order valence-electron chi connectivity index (χ2n) is 6.91. The lowest BCUT2D eigenvalue weighted by molar-refractivity contribution is -0.427. The van der Waals surface area contributed by atoms with Crippen LogP contribution in [0.3, 0.4) is 0 Å². The maximum atomic E-state index is 12.4. The van der Waals surface area contributed by atoms with Crippen molar-refractivity contribution in [1.82, 2.24) is 4.57 Å². The van der Waals surface area contributed by atoms with Gasteiger partial charge in [-0.25, -0.2) is 0 Å². The van der Waals surface area contributed by atoms with E-state index in [2.05, 4.69) is 0 Å². The summed E-state index contributed by atoms with van der Waals surface area (Å²) < 4.78 is 13.3. The zero-order valence-corrected chi connectivity index (χ0v) is 17.1. The Bertz CT molecular complexity index is 1130. The van der Waals surface area contributed by atoms with Gasteiger partial charge in [0.25, 0.3) is 5.69 Å². The Morgan fingerprint density at radius 1 is 1.00 bits per heavy atom. The van der Waals surface area contributed by atoms with Crippen molar-refractivity contribution in [2.24, 2.45) is 0 Å². The molecule has 29 heavy (non-hydrogen) atoms. The van der Waals surface area contributed by atoms with Gasteiger partial charge in [-0.3, -0.25) is 9.59 Å². The first-order valence-electron chi connectivity index (χ1n) is 9.17. The molecule has 3 aromatic rings. The third kappa shape index (κ3) is 3.89. The second kappa shape index (κ2) is 7.87. The molecule has 0 aliphatic carbocycles. The highest BCUT2D eigenvalue weighted by Crippen LogP contribution is 2.40. The van der Waals surface area contributed by atoms with Crippen molar-refractivity contribution in [1.29, 1.82) is 0 Å². The van der Waals surface area contributed by atoms with Crippen LogP contribution < -0.4 is 4.74 Å². The van der Waals surface area contributed by atoms with E-state index < -0.39 is 11.9 Å². The van der Waals surface area contributed by atoms with Crippen molar-refractivity contribution in [3.05, 3.63) is 58.1 Å². The third-order valence-electron chi connectivity index (χ3n) is 4.68. The van der Waals surface area contributed by atoms with E-state index >= 15 is 0 Å². The molecule has 0 saturated carbocycles. The fourth-order valence-electron chi connectivity index (χ4n) is 3.51. The van der Waals surface area contributed by atoms with Crippen LogP contribution in [0.1, 0.15) is 30.7 Å². The average Bonchev–Trinajstić information content (AvgIpc) is 2.93. The van der Waals surface area contributed by atoms with Crippen molar-refractivity contribution < 1.29 is 23.8 Å². The van der Waals surface area contributed by atoms with Crippen molar-refractivity contribution in [2.75, 3.05) is 7.05 Å². The Morgan fingerprint density at radius 3 is 2.21 bits per heavy atom. The number of aromatic nitrogens is 1. The summed E-state index contributed by atoms with van der Waals surface area (Å²) in [5.41, 5.74) is 4.35. The highest BCUT2D eigenvalue weighted by molar-refractivity contribution is 5.97. The molecule has 0 unspecified atom stereocenters. The maximum absolute atomic E-state index is 12.4. The second-order valence-corrected chi connectivity index (χ2v) is 6.91. The normalized spacial score (nSPS) is 10.8. The molecule has 0 amide bonds. The number of ether oxygens (including phenoxy) is 2. The molecular weight excluding hydrogens is 372 g/mol. The molecule has 0 N–H and O–H groups in total. The molecule has 2 aromatic carbocycles. The number of nitroso groups, excluding NO2 is 1. The van der Waals surface area contributed by atoms with Gasteiger partial charge >= 0.3 is 11.9 Å². The zero-order chi connectivity index (χ0) is 21.3. The van der Waals surface area contributed by atoms with E-state index in [-0.39, 0.29) is 12.4 Å². The van der Waals surface area contributed by atoms with Gasteiger partial charge in [-0.15, -0.1) is 0 Å². The Hall–Kier alpha value is -3.48. The van der Waals surface area contributed by atoms with Gasteiger partial charge in [0, 0.05) is 29.2 Å². The van der Waals surface area contributed by atoms with Crippen LogP contribution in [-0.2, 0) is 20.9 Å². The number of aryl methyl sites for hydroxylation is 1. The summed E-state index contributed by atoms with van der Waals surface area (Å²) in [4.78, 5) is 35.4. The predicted octanol–water partition coefficient (Wildman–Crippen LogP) is 4.28. The molecule has 7 heteroatoms. The van der Waals surface area contributed by atoms with Crippen LogP contribution in [0.4, 0.5) is 5.69 Å². The summed E-state index contributed by atoms with van der Waals surface area (Å²) >= 11 is 0. The first-order valence-corrected chi connectivity index (χ1v) is 9.17. The summed E-state index contributed by atoms with van der Waals surface area (Å²) in [6, 6.07) is 11.2. The number of nitrogens with zero attached hydrogens (tertiary/aromatic N) is 2. The Morgan fingerprint density at radius 2 is 1.66 bits per heavy atom. The fourth-order valence-corrected chi connectivity index (χ4v) is 3.51. The quantitative estimate of drug-likeness (QED) is 0.366. The van der Waals surface area contributed by atoms with Crippen LogP contribution >= 0.6 is 0 Å². The van der Waals surface area contributed by atoms with Gasteiger partial charge in [-0.1, -0.05) is 17.7 Å². The molecule has 0 radical (unpaired) electrons. The number of fused-ring (bicyclic) bond motifs is 1. The molecule has 0 aliphatic heterocycles. The summed E-state index contributed by atoms with van der Waals surface area (Å²) in [7, 11) is 1.44. The maximum Gasteiger partial charge on any atom is 0.308 e. The lowest BCUT2D eigenvalue weighted by Crippen LogP contribution is -2.08. The van der Waals surface area contributed by atoms with Gasteiger partial charge in [0.2, 0.25) is 0 Å². The van der Waals surface area contributed by atoms with Gasteiger partial charge in [-0.2, -0.15) is 0 Å². The van der Waals surface area contributed by atoms with E-state index in [1.807, 2.05) is 42.7 Å². The van der Waals surface area contributed by atoms with E-state index in [0.717, 1.165) is 21.7 Å². The minimum Gasteiger partial charge on any atom is -0.461 e. The van der Waals surface area contributed by atoms with Crippen LogP contribution in [0, 0.1) is 18.8 Å². The smallest absolute Gasteiger partial charge is 0.308 e. The molecule has 0 spiro atoms. The van der Waals surface area contributed by atoms with Gasteiger partial charge in [0.05, 0.1) is 22.2 Å². The molecule has 1 aromatic heterocycles. The SMILES string of the molecule is CC(=O)OCc1c(OC(C)=O)ccc2c([N+](C)=O)c(C)n(-c3ccc(C)cc3)c12. The number of carbonyl (C=O) groups excluding carboxylic acids is 2. The molecule has 0 fully saturated rings. The van der Waals surface area contributed by atoms with Gasteiger partial charge in [0.15, 0.2) is 7.05 Å². The van der Waals surface area contributed by atoms with Crippen LogP contribution in [0.15, 0.2) is 36.4 Å². The molecule has 0 aliphatic rings. The van der Waals surface area contributed by atoms with E-state index in [1.54, 1.807) is 12.1 Å². The van der Waals surface area contributed by atoms with Crippen LogP contribution in [-0.4, -0.2) is 28.3 Å². The first kappa shape index (κ1) is 20.3. The standard InChI is InChI=1S/C22H23N2O5/c1-13-6-8-17(9-7-13)24-14(2)21(23(5)27)18-10-11-20(29-16(4)26)19(22(18)24)12-28-15(3)25/h6-11H,12H2,1-5H3/q+1. The van der Waals surface area contributed by atoms with Gasteiger partial charge in [-0.05, 0) is 38.1 Å². The van der Waals surface area contributed by atoms with Crippen LogP contribution in [0.2, 0.25) is 0 Å². The number of esters is 2. The summed E-state index contributed by atoms with van der Waals surface area (Å²) in [5.74, 6) is -0.654. The Labute approximate surface area is 168 Å². The molecule has 1 heterocycles. The summed E-state index contributed by atoms with van der Waals surface area (Å²) in [6.07, 6.45) is 0. The molecule has 150 valence electrons. The van der Waals surface area contributed by atoms with Gasteiger partial charge in [0.1, 0.15) is 12.4 Å². The molecule has 3 rings (SSSR count). The zero-order valence-electron chi connectivity index (χ0n) is 17.1. The van der Waals surface area contributed by atoms with Crippen LogP contribution in [0.5, 0.6) is 5.75 Å². The molecule has 7 nitrogen and oxygen atoms in total.